The molecule has 0 bridgehead atoms. The number of nitrogens with zero attached hydrogens (tertiary/aromatic N) is 4. The molecule has 3 rings (SSSR count). The fraction of sp³-hybridized carbons (Fsp3) is 0.375. The SMILES string of the molecule is Cc1c(C(=O)N2CC(C(=O)O)O[C@H](C)C2)nnn1-c1ccccc1. The summed E-state index contributed by atoms with van der Waals surface area (Å²) in [5.41, 5.74) is 1.63. The van der Waals surface area contributed by atoms with Gasteiger partial charge in [0.2, 0.25) is 0 Å². The number of ether oxygens (including phenoxy) is 1. The van der Waals surface area contributed by atoms with Gasteiger partial charge in [0, 0.05) is 6.54 Å². The van der Waals surface area contributed by atoms with Gasteiger partial charge in [0.25, 0.3) is 5.91 Å². The normalized spacial score (nSPS) is 20.8. The minimum atomic E-state index is -1.08. The number of hydrogen-bond acceptors (Lipinski definition) is 5. The summed E-state index contributed by atoms with van der Waals surface area (Å²) in [4.78, 5) is 25.4. The minimum Gasteiger partial charge on any atom is -0.479 e. The van der Waals surface area contributed by atoms with Crippen molar-refractivity contribution >= 4 is 11.9 Å². The lowest BCUT2D eigenvalue weighted by Crippen LogP contribution is -2.52. The smallest absolute Gasteiger partial charge is 0.334 e. The molecule has 2 atom stereocenters. The Bertz CT molecular complexity index is 759. The van der Waals surface area contributed by atoms with E-state index in [1.165, 1.54) is 4.90 Å². The Morgan fingerprint density at radius 2 is 1.96 bits per heavy atom. The van der Waals surface area contributed by atoms with Gasteiger partial charge in [-0.1, -0.05) is 23.4 Å². The van der Waals surface area contributed by atoms with E-state index in [9.17, 15) is 9.59 Å². The van der Waals surface area contributed by atoms with Gasteiger partial charge in [-0.05, 0) is 26.0 Å². The maximum atomic E-state index is 12.7. The van der Waals surface area contributed by atoms with Gasteiger partial charge in [0.05, 0.1) is 24.0 Å². The molecule has 1 aliphatic rings. The summed E-state index contributed by atoms with van der Waals surface area (Å²) in [7, 11) is 0. The molecule has 0 saturated carbocycles. The Kier molecular flexibility index (Phi) is 4.30. The monoisotopic (exact) mass is 330 g/mol. The zero-order valence-electron chi connectivity index (χ0n) is 13.4. The maximum absolute atomic E-state index is 12.7. The quantitative estimate of drug-likeness (QED) is 0.897. The molecule has 1 fully saturated rings. The average Bonchev–Trinajstić information content (AvgIpc) is 2.96. The van der Waals surface area contributed by atoms with E-state index >= 15 is 0 Å². The van der Waals surface area contributed by atoms with Crippen molar-refractivity contribution in [1.29, 1.82) is 0 Å². The van der Waals surface area contributed by atoms with E-state index in [-0.39, 0.29) is 24.2 Å². The Morgan fingerprint density at radius 3 is 2.62 bits per heavy atom. The molecule has 1 amide bonds. The molecule has 2 heterocycles. The predicted molar refractivity (Wildman–Crippen MR) is 84.0 cm³/mol. The van der Waals surface area contributed by atoms with Gasteiger partial charge in [-0.2, -0.15) is 0 Å². The summed E-state index contributed by atoms with van der Waals surface area (Å²) in [6.45, 7) is 3.82. The van der Waals surface area contributed by atoms with Crippen LogP contribution in [0.2, 0.25) is 0 Å². The second-order valence-corrected chi connectivity index (χ2v) is 5.75. The lowest BCUT2D eigenvalue weighted by molar-refractivity contribution is -0.160. The number of aromatic nitrogens is 3. The molecule has 0 spiro atoms. The van der Waals surface area contributed by atoms with Crippen LogP contribution in [0, 0.1) is 6.92 Å². The first-order valence-corrected chi connectivity index (χ1v) is 7.62. The van der Waals surface area contributed by atoms with E-state index in [1.54, 1.807) is 18.5 Å². The molecule has 8 heteroatoms. The Hall–Kier alpha value is -2.74. The molecule has 1 unspecified atom stereocenters. The Labute approximate surface area is 138 Å². The van der Waals surface area contributed by atoms with Gasteiger partial charge < -0.3 is 14.7 Å². The number of hydrogen-bond donors (Lipinski definition) is 1. The van der Waals surface area contributed by atoms with Crippen molar-refractivity contribution in [2.45, 2.75) is 26.1 Å². The summed E-state index contributed by atoms with van der Waals surface area (Å²) in [5, 5.41) is 17.2. The average molecular weight is 330 g/mol. The summed E-state index contributed by atoms with van der Waals surface area (Å²) < 4.78 is 6.92. The van der Waals surface area contributed by atoms with Crippen molar-refractivity contribution in [1.82, 2.24) is 19.9 Å². The molecule has 1 saturated heterocycles. The van der Waals surface area contributed by atoms with E-state index in [1.807, 2.05) is 30.3 Å². The lowest BCUT2D eigenvalue weighted by Gasteiger charge is -2.34. The minimum absolute atomic E-state index is 0.00383. The maximum Gasteiger partial charge on any atom is 0.334 e. The first kappa shape index (κ1) is 16.1. The number of carboxylic acid groups (broad SMARTS) is 1. The van der Waals surface area contributed by atoms with Crippen LogP contribution in [0.1, 0.15) is 23.1 Å². The van der Waals surface area contributed by atoms with Gasteiger partial charge >= 0.3 is 5.97 Å². The molecule has 0 radical (unpaired) electrons. The van der Waals surface area contributed by atoms with Gasteiger partial charge in [-0.15, -0.1) is 5.10 Å². The fourth-order valence-electron chi connectivity index (χ4n) is 2.74. The van der Waals surface area contributed by atoms with Crippen LogP contribution in [0.5, 0.6) is 0 Å². The summed E-state index contributed by atoms with van der Waals surface area (Å²) >= 11 is 0. The van der Waals surface area contributed by atoms with Crippen molar-refractivity contribution in [3.05, 3.63) is 41.7 Å². The number of amides is 1. The highest BCUT2D eigenvalue weighted by molar-refractivity contribution is 5.93. The van der Waals surface area contributed by atoms with E-state index in [4.69, 9.17) is 9.84 Å². The van der Waals surface area contributed by atoms with Crippen molar-refractivity contribution in [3.8, 4) is 5.69 Å². The van der Waals surface area contributed by atoms with Crippen molar-refractivity contribution in [2.75, 3.05) is 13.1 Å². The molecule has 1 aromatic carbocycles. The number of benzene rings is 1. The van der Waals surface area contributed by atoms with Crippen molar-refractivity contribution in [2.24, 2.45) is 0 Å². The molecule has 126 valence electrons. The second-order valence-electron chi connectivity index (χ2n) is 5.75. The molecule has 1 N–H and O–H groups in total. The zero-order chi connectivity index (χ0) is 17.3. The predicted octanol–water partition coefficient (Wildman–Crippen LogP) is 0.890. The number of para-hydroxylation sites is 1. The summed E-state index contributed by atoms with van der Waals surface area (Å²) in [5.74, 6) is -1.42. The van der Waals surface area contributed by atoms with E-state index in [0.717, 1.165) is 5.69 Å². The first-order chi connectivity index (χ1) is 11.5. The van der Waals surface area contributed by atoms with E-state index in [0.29, 0.717) is 12.2 Å². The number of rotatable bonds is 3. The third-order valence-corrected chi connectivity index (χ3v) is 3.92. The molecule has 1 aromatic heterocycles. The van der Waals surface area contributed by atoms with Gasteiger partial charge in [0.1, 0.15) is 0 Å². The van der Waals surface area contributed by atoms with Crippen LogP contribution in [0.3, 0.4) is 0 Å². The lowest BCUT2D eigenvalue weighted by atomic mass is 10.2. The van der Waals surface area contributed by atoms with Crippen LogP contribution < -0.4 is 0 Å². The van der Waals surface area contributed by atoms with Crippen LogP contribution in [0.4, 0.5) is 0 Å². The third kappa shape index (κ3) is 3.00. The van der Waals surface area contributed by atoms with Gasteiger partial charge in [0.15, 0.2) is 11.8 Å². The fourth-order valence-corrected chi connectivity index (χ4v) is 2.74. The molecule has 24 heavy (non-hydrogen) atoms. The molecule has 0 aliphatic carbocycles. The summed E-state index contributed by atoms with van der Waals surface area (Å²) in [6, 6.07) is 9.38. The Morgan fingerprint density at radius 1 is 1.25 bits per heavy atom. The second kappa shape index (κ2) is 6.40. The molecule has 1 aliphatic heterocycles. The largest absolute Gasteiger partial charge is 0.479 e. The number of carboxylic acids is 1. The van der Waals surface area contributed by atoms with Gasteiger partial charge in [-0.25, -0.2) is 9.48 Å². The first-order valence-electron chi connectivity index (χ1n) is 7.62. The topological polar surface area (TPSA) is 97.6 Å². The van der Waals surface area contributed by atoms with Crippen molar-refractivity contribution in [3.63, 3.8) is 0 Å². The zero-order valence-corrected chi connectivity index (χ0v) is 13.4. The Balaban J connectivity index is 1.85. The van der Waals surface area contributed by atoms with E-state index < -0.39 is 12.1 Å². The highest BCUT2D eigenvalue weighted by Crippen LogP contribution is 2.17. The number of morpholine rings is 1. The number of carbonyl (C=O) groups is 2. The standard InChI is InChI=1S/C16H18N4O4/c1-10-8-19(9-13(24-10)16(22)23)15(21)14-11(2)20(18-17-14)12-6-4-3-5-7-12/h3-7,10,13H,8-9H2,1-2H3,(H,22,23)/t10-,13?/m1/s1. The molecular weight excluding hydrogens is 312 g/mol. The highest BCUT2D eigenvalue weighted by atomic mass is 16.5. The van der Waals surface area contributed by atoms with Crippen LogP contribution in [-0.4, -0.2) is 62.2 Å². The number of aliphatic carboxylic acids is 1. The third-order valence-electron chi connectivity index (χ3n) is 3.92. The van der Waals surface area contributed by atoms with Crippen LogP contribution in [0.15, 0.2) is 30.3 Å². The van der Waals surface area contributed by atoms with Crippen LogP contribution >= 0.6 is 0 Å². The number of carbonyl (C=O) groups excluding carboxylic acids is 1. The van der Waals surface area contributed by atoms with Crippen LogP contribution in [-0.2, 0) is 9.53 Å². The molecule has 2 aromatic rings. The van der Waals surface area contributed by atoms with E-state index in [2.05, 4.69) is 10.3 Å². The molecule has 8 nitrogen and oxygen atoms in total. The van der Waals surface area contributed by atoms with Crippen molar-refractivity contribution < 1.29 is 19.4 Å². The van der Waals surface area contributed by atoms with Gasteiger partial charge in [-0.3, -0.25) is 4.79 Å². The van der Waals surface area contributed by atoms with Crippen LogP contribution in [0.25, 0.3) is 5.69 Å². The highest BCUT2D eigenvalue weighted by Gasteiger charge is 2.34. The summed E-state index contributed by atoms with van der Waals surface area (Å²) in [6.07, 6.45) is -1.38. The molecular formula is C16H18N4O4.